The fourth-order valence-corrected chi connectivity index (χ4v) is 4.03. The zero-order chi connectivity index (χ0) is 29.1. The third kappa shape index (κ3) is 8.46. The van der Waals surface area contributed by atoms with Gasteiger partial charge in [-0.25, -0.2) is 19.2 Å². The normalized spacial score (nSPS) is 14.6. The summed E-state index contributed by atoms with van der Waals surface area (Å²) in [6.45, 7) is 10.4. The summed E-state index contributed by atoms with van der Waals surface area (Å²) in [7, 11) is 0. The second kappa shape index (κ2) is 14.9. The second-order valence-electron chi connectivity index (χ2n) is 9.50. The Bertz CT molecular complexity index is 1050. The van der Waals surface area contributed by atoms with Crippen molar-refractivity contribution in [3.8, 4) is 0 Å². The topological polar surface area (TPSA) is 112 Å². The minimum atomic E-state index is -0.968. The van der Waals surface area contributed by atoms with Crippen LogP contribution in [0.15, 0.2) is 48.5 Å². The molecule has 2 atom stereocenters. The number of rotatable bonds is 12. The average Bonchev–Trinajstić information content (AvgIpc) is 2.98. The Kier molecular flexibility index (Phi) is 11.4. The first kappa shape index (κ1) is 30.5. The molecule has 1 heterocycles. The molecule has 0 spiro atoms. The van der Waals surface area contributed by atoms with Crippen molar-refractivity contribution in [1.82, 2.24) is 0 Å². The molecule has 1 aliphatic heterocycles. The van der Waals surface area contributed by atoms with E-state index in [4.69, 9.17) is 18.9 Å². The van der Waals surface area contributed by atoms with Gasteiger partial charge in [-0.3, -0.25) is 0 Å². The monoisotopic (exact) mass is 554 g/mol. The third-order valence-electron chi connectivity index (χ3n) is 6.34. The zero-order valence-corrected chi connectivity index (χ0v) is 23.6. The highest BCUT2D eigenvalue weighted by Gasteiger charge is 2.23. The molecule has 1 unspecified atom stereocenters. The van der Waals surface area contributed by atoms with Gasteiger partial charge in [0.15, 0.2) is 12.2 Å². The number of esters is 4. The molecule has 0 radical (unpaired) electrons. The summed E-state index contributed by atoms with van der Waals surface area (Å²) < 4.78 is 20.5. The number of piperazine rings is 1. The maximum absolute atomic E-state index is 12.4. The molecule has 10 heteroatoms. The molecule has 10 nitrogen and oxygen atoms in total. The van der Waals surface area contributed by atoms with Crippen LogP contribution in [0.1, 0.15) is 61.3 Å². The number of nitrogens with zero attached hydrogens (tertiary/aromatic N) is 2. The van der Waals surface area contributed by atoms with Crippen LogP contribution in [0.5, 0.6) is 0 Å². The predicted molar refractivity (Wildman–Crippen MR) is 150 cm³/mol. The van der Waals surface area contributed by atoms with E-state index in [2.05, 4.69) is 9.80 Å². The Balaban J connectivity index is 1.48. The van der Waals surface area contributed by atoms with Crippen LogP contribution in [0.25, 0.3) is 0 Å². The molecule has 216 valence electrons. The molecule has 0 aromatic heterocycles. The Morgan fingerprint density at radius 3 is 1.25 bits per heavy atom. The lowest BCUT2D eigenvalue weighted by Crippen LogP contribution is -2.46. The van der Waals surface area contributed by atoms with Crippen molar-refractivity contribution >= 4 is 35.3 Å². The van der Waals surface area contributed by atoms with Gasteiger partial charge in [0.1, 0.15) is 0 Å². The van der Waals surface area contributed by atoms with Gasteiger partial charge in [0.05, 0.1) is 24.3 Å². The smallest absolute Gasteiger partial charge is 0.347 e. The highest BCUT2D eigenvalue weighted by molar-refractivity contribution is 5.92. The molecule has 2 aromatic carbocycles. The van der Waals surface area contributed by atoms with Crippen molar-refractivity contribution in [3.05, 3.63) is 59.7 Å². The van der Waals surface area contributed by atoms with E-state index in [0.717, 1.165) is 37.6 Å². The number of hydrogen-bond donors (Lipinski definition) is 0. The maximum atomic E-state index is 12.4. The number of anilines is 2. The number of carbonyl (C=O) groups excluding carboxylic acids is 4. The van der Waals surface area contributed by atoms with E-state index < -0.39 is 36.1 Å². The third-order valence-corrected chi connectivity index (χ3v) is 6.34. The van der Waals surface area contributed by atoms with Crippen LogP contribution in [0.2, 0.25) is 0 Å². The SMILES string of the molecule is CCCOC(=O)C(C)OC(=O)c1ccc(N2CCN(c3ccc(C(=O)O[C@@H](C)C(=O)OCCC)cc3)CC2)cc1. The lowest BCUT2D eigenvalue weighted by molar-refractivity contribution is -0.153. The van der Waals surface area contributed by atoms with Crippen molar-refractivity contribution in [2.45, 2.75) is 52.7 Å². The molecule has 0 N–H and O–H groups in total. The highest BCUT2D eigenvalue weighted by Crippen LogP contribution is 2.22. The van der Waals surface area contributed by atoms with Gasteiger partial charge in [-0.1, -0.05) is 13.8 Å². The van der Waals surface area contributed by atoms with Crippen molar-refractivity contribution in [2.24, 2.45) is 0 Å². The quantitative estimate of drug-likeness (QED) is 0.282. The molecular formula is C30H38N2O8. The van der Waals surface area contributed by atoms with Gasteiger partial charge >= 0.3 is 23.9 Å². The predicted octanol–water partition coefficient (Wildman–Crippen LogP) is 4.01. The molecule has 2 aromatic rings. The van der Waals surface area contributed by atoms with E-state index in [0.29, 0.717) is 37.2 Å². The van der Waals surface area contributed by atoms with Gasteiger partial charge in [-0.05, 0) is 75.2 Å². The van der Waals surface area contributed by atoms with E-state index in [1.165, 1.54) is 13.8 Å². The van der Waals surface area contributed by atoms with Crippen LogP contribution in [0, 0.1) is 0 Å². The first-order valence-corrected chi connectivity index (χ1v) is 13.7. The van der Waals surface area contributed by atoms with Gasteiger partial charge < -0.3 is 28.7 Å². The summed E-state index contributed by atoms with van der Waals surface area (Å²) in [5, 5.41) is 0. The van der Waals surface area contributed by atoms with Crippen molar-refractivity contribution in [3.63, 3.8) is 0 Å². The van der Waals surface area contributed by atoms with Crippen LogP contribution >= 0.6 is 0 Å². The maximum Gasteiger partial charge on any atom is 0.347 e. The van der Waals surface area contributed by atoms with E-state index in [9.17, 15) is 19.2 Å². The summed E-state index contributed by atoms with van der Waals surface area (Å²) in [6, 6.07) is 14.2. The minimum absolute atomic E-state index is 0.292. The molecule has 3 rings (SSSR count). The van der Waals surface area contributed by atoms with E-state index in [1.807, 2.05) is 38.1 Å². The molecule has 40 heavy (non-hydrogen) atoms. The summed E-state index contributed by atoms with van der Waals surface area (Å²) in [5.74, 6) is -2.26. The van der Waals surface area contributed by atoms with Gasteiger partial charge in [0.2, 0.25) is 0 Å². The lowest BCUT2D eigenvalue weighted by Gasteiger charge is -2.37. The minimum Gasteiger partial charge on any atom is -0.463 e. The molecule has 0 amide bonds. The number of hydrogen-bond acceptors (Lipinski definition) is 10. The van der Waals surface area contributed by atoms with Crippen LogP contribution in [0.4, 0.5) is 11.4 Å². The van der Waals surface area contributed by atoms with Gasteiger partial charge in [0.25, 0.3) is 0 Å². The van der Waals surface area contributed by atoms with E-state index >= 15 is 0 Å². The van der Waals surface area contributed by atoms with Gasteiger partial charge in [0, 0.05) is 37.6 Å². The standard InChI is InChI=1S/C30H38N2O8/c1-5-19-37-27(33)21(3)39-29(35)23-7-11-25(12-8-23)31-15-17-32(18-16-31)26-13-9-24(10-14-26)30(36)40-22(4)28(34)38-20-6-2/h7-14,21-22H,5-6,15-20H2,1-4H3/t21-,22?/m0/s1. The van der Waals surface area contributed by atoms with Crippen LogP contribution < -0.4 is 9.80 Å². The van der Waals surface area contributed by atoms with Gasteiger partial charge in [-0.15, -0.1) is 0 Å². The molecule has 1 fully saturated rings. The van der Waals surface area contributed by atoms with E-state index in [1.54, 1.807) is 24.3 Å². The average molecular weight is 555 g/mol. The van der Waals surface area contributed by atoms with Gasteiger partial charge in [-0.2, -0.15) is 0 Å². The fraction of sp³-hybridized carbons (Fsp3) is 0.467. The van der Waals surface area contributed by atoms with Crippen LogP contribution in [-0.4, -0.2) is 75.5 Å². The van der Waals surface area contributed by atoms with Crippen molar-refractivity contribution in [1.29, 1.82) is 0 Å². The molecule has 1 aliphatic rings. The molecule has 1 saturated heterocycles. The first-order valence-electron chi connectivity index (χ1n) is 13.7. The Labute approximate surface area is 235 Å². The number of benzene rings is 2. The lowest BCUT2D eigenvalue weighted by atomic mass is 10.1. The molecule has 0 saturated carbocycles. The summed E-state index contributed by atoms with van der Waals surface area (Å²) in [5.41, 5.74) is 2.69. The Morgan fingerprint density at radius 2 is 0.950 bits per heavy atom. The molecule has 0 bridgehead atoms. The van der Waals surface area contributed by atoms with E-state index in [-0.39, 0.29) is 0 Å². The summed E-state index contributed by atoms with van der Waals surface area (Å²) in [4.78, 5) is 53.0. The highest BCUT2D eigenvalue weighted by atomic mass is 16.6. The first-order chi connectivity index (χ1) is 19.2. The number of carbonyl (C=O) groups is 4. The number of ether oxygens (including phenoxy) is 4. The zero-order valence-electron chi connectivity index (χ0n) is 23.6. The molecular weight excluding hydrogens is 516 g/mol. The largest absolute Gasteiger partial charge is 0.463 e. The Hall–Kier alpha value is -4.08. The Morgan fingerprint density at radius 1 is 0.625 bits per heavy atom. The second-order valence-corrected chi connectivity index (χ2v) is 9.50. The summed E-state index contributed by atoms with van der Waals surface area (Å²) in [6.07, 6.45) is -0.539. The van der Waals surface area contributed by atoms with Crippen molar-refractivity contribution in [2.75, 3.05) is 49.2 Å². The van der Waals surface area contributed by atoms with Crippen LogP contribution in [-0.2, 0) is 28.5 Å². The van der Waals surface area contributed by atoms with Crippen molar-refractivity contribution < 1.29 is 38.1 Å². The summed E-state index contributed by atoms with van der Waals surface area (Å²) >= 11 is 0. The van der Waals surface area contributed by atoms with Crippen LogP contribution in [0.3, 0.4) is 0 Å². The molecule has 0 aliphatic carbocycles. The fourth-order valence-electron chi connectivity index (χ4n) is 4.03.